The minimum Gasteiger partial charge on any atom is -0.476 e. The number of aromatic nitrogens is 3. The Hall–Kier alpha value is -2.45. The van der Waals surface area contributed by atoms with Crippen molar-refractivity contribution in [3.63, 3.8) is 0 Å². The Balaban J connectivity index is 2.61. The summed E-state index contributed by atoms with van der Waals surface area (Å²) in [5, 5.41) is 15.4. The molecule has 0 aliphatic heterocycles. The van der Waals surface area contributed by atoms with Gasteiger partial charge in [0.25, 0.3) is 0 Å². The van der Waals surface area contributed by atoms with Crippen LogP contribution in [0.1, 0.15) is 21.7 Å². The molecule has 1 aromatic heterocycles. The zero-order valence-electron chi connectivity index (χ0n) is 9.94. The third-order valence-corrected chi connectivity index (χ3v) is 2.60. The molecule has 0 unspecified atom stereocenters. The van der Waals surface area contributed by atoms with Crippen molar-refractivity contribution in [2.75, 3.05) is 0 Å². The molecule has 0 fully saturated rings. The van der Waals surface area contributed by atoms with E-state index in [0.29, 0.717) is 22.9 Å². The molecule has 2 aromatic rings. The van der Waals surface area contributed by atoms with E-state index in [0.717, 1.165) is 0 Å². The van der Waals surface area contributed by atoms with Crippen LogP contribution >= 0.6 is 0 Å². The highest BCUT2D eigenvalue weighted by atomic mass is 19.4. The van der Waals surface area contributed by atoms with Crippen LogP contribution in [-0.4, -0.2) is 26.1 Å². The maximum Gasteiger partial charge on any atom is 0.416 e. The van der Waals surface area contributed by atoms with E-state index < -0.39 is 34.9 Å². The summed E-state index contributed by atoms with van der Waals surface area (Å²) in [6, 6.07) is 1.77. The Kier molecular flexibility index (Phi) is 3.20. The van der Waals surface area contributed by atoms with E-state index in [4.69, 9.17) is 5.11 Å². The van der Waals surface area contributed by atoms with Gasteiger partial charge >= 0.3 is 12.1 Å². The molecule has 106 valence electrons. The molecule has 20 heavy (non-hydrogen) atoms. The van der Waals surface area contributed by atoms with E-state index in [9.17, 15) is 22.4 Å². The zero-order chi connectivity index (χ0) is 15.1. The summed E-state index contributed by atoms with van der Waals surface area (Å²) in [4.78, 5) is 10.8. The summed E-state index contributed by atoms with van der Waals surface area (Å²) < 4.78 is 52.1. The molecule has 0 aliphatic rings. The zero-order valence-corrected chi connectivity index (χ0v) is 9.94. The highest BCUT2D eigenvalue weighted by Crippen LogP contribution is 2.31. The number of carboxylic acids is 1. The predicted molar refractivity (Wildman–Crippen MR) is 58.0 cm³/mol. The lowest BCUT2D eigenvalue weighted by molar-refractivity contribution is -0.137. The van der Waals surface area contributed by atoms with Crippen LogP contribution in [0.3, 0.4) is 0 Å². The first-order valence-corrected chi connectivity index (χ1v) is 5.24. The Morgan fingerprint density at radius 1 is 1.35 bits per heavy atom. The summed E-state index contributed by atoms with van der Waals surface area (Å²) in [5.41, 5.74) is -2.12. The summed E-state index contributed by atoms with van der Waals surface area (Å²) in [5.74, 6) is -2.37. The second-order valence-corrected chi connectivity index (χ2v) is 3.90. The fraction of sp³-hybridized carbons (Fsp3) is 0.182. The Bertz CT molecular complexity index is 679. The van der Waals surface area contributed by atoms with Crippen molar-refractivity contribution in [1.29, 1.82) is 0 Å². The highest BCUT2D eigenvalue weighted by Gasteiger charge is 2.31. The topological polar surface area (TPSA) is 68.0 Å². The van der Waals surface area contributed by atoms with E-state index in [1.54, 1.807) is 0 Å². The molecule has 0 saturated carbocycles. The largest absolute Gasteiger partial charge is 0.476 e. The second-order valence-electron chi connectivity index (χ2n) is 3.90. The van der Waals surface area contributed by atoms with Crippen LogP contribution in [0.5, 0.6) is 0 Å². The van der Waals surface area contributed by atoms with E-state index in [2.05, 4.69) is 10.3 Å². The van der Waals surface area contributed by atoms with Crippen molar-refractivity contribution in [2.45, 2.75) is 13.1 Å². The Labute approximate surface area is 109 Å². The van der Waals surface area contributed by atoms with Gasteiger partial charge in [0, 0.05) is 0 Å². The van der Waals surface area contributed by atoms with Gasteiger partial charge in [0.2, 0.25) is 0 Å². The summed E-state index contributed by atoms with van der Waals surface area (Å²) in [7, 11) is 0. The molecule has 2 rings (SSSR count). The van der Waals surface area contributed by atoms with E-state index >= 15 is 0 Å². The number of benzene rings is 1. The SMILES string of the molecule is Cc1c(C(=O)O)nnn1-c1cc(C(F)(F)F)ccc1F. The van der Waals surface area contributed by atoms with Crippen LogP contribution in [0, 0.1) is 12.7 Å². The van der Waals surface area contributed by atoms with Gasteiger partial charge < -0.3 is 5.11 Å². The highest BCUT2D eigenvalue weighted by molar-refractivity contribution is 5.86. The van der Waals surface area contributed by atoms with Crippen molar-refractivity contribution < 1.29 is 27.5 Å². The number of hydrogen-bond acceptors (Lipinski definition) is 3. The van der Waals surface area contributed by atoms with Gasteiger partial charge in [-0.1, -0.05) is 5.21 Å². The van der Waals surface area contributed by atoms with Gasteiger partial charge in [-0.25, -0.2) is 13.9 Å². The molecule has 0 spiro atoms. The van der Waals surface area contributed by atoms with Crippen molar-refractivity contribution in [3.05, 3.63) is 41.0 Å². The van der Waals surface area contributed by atoms with Gasteiger partial charge in [-0.2, -0.15) is 13.2 Å². The number of carbonyl (C=O) groups is 1. The predicted octanol–water partition coefficient (Wildman–Crippen LogP) is 2.43. The molecular weight excluding hydrogens is 282 g/mol. The summed E-state index contributed by atoms with van der Waals surface area (Å²) in [6.45, 7) is 1.27. The van der Waals surface area contributed by atoms with Crippen LogP contribution < -0.4 is 0 Å². The molecule has 0 amide bonds. The average molecular weight is 289 g/mol. The molecular formula is C11H7F4N3O2. The first kappa shape index (κ1) is 14.0. The van der Waals surface area contributed by atoms with E-state index in [1.807, 2.05) is 0 Å². The number of alkyl halides is 3. The fourth-order valence-electron chi connectivity index (χ4n) is 1.61. The molecule has 1 heterocycles. The number of rotatable bonds is 2. The fourth-order valence-corrected chi connectivity index (χ4v) is 1.61. The minimum absolute atomic E-state index is 0.0734. The number of hydrogen-bond donors (Lipinski definition) is 1. The van der Waals surface area contributed by atoms with Crippen molar-refractivity contribution in [2.24, 2.45) is 0 Å². The molecule has 1 N–H and O–H groups in total. The molecule has 0 atom stereocenters. The number of aromatic carboxylic acids is 1. The minimum atomic E-state index is -4.65. The second kappa shape index (κ2) is 4.58. The monoisotopic (exact) mass is 289 g/mol. The number of carboxylic acid groups (broad SMARTS) is 1. The molecule has 9 heteroatoms. The smallest absolute Gasteiger partial charge is 0.416 e. The third kappa shape index (κ3) is 2.33. The first-order chi connectivity index (χ1) is 9.21. The number of nitrogens with zero attached hydrogens (tertiary/aromatic N) is 3. The molecule has 0 aliphatic carbocycles. The van der Waals surface area contributed by atoms with Crippen molar-refractivity contribution in [1.82, 2.24) is 15.0 Å². The maximum atomic E-state index is 13.6. The maximum absolute atomic E-state index is 13.6. The molecule has 5 nitrogen and oxygen atoms in total. The van der Waals surface area contributed by atoms with Gasteiger partial charge in [0.1, 0.15) is 11.5 Å². The van der Waals surface area contributed by atoms with Gasteiger partial charge in [0.05, 0.1) is 11.3 Å². The van der Waals surface area contributed by atoms with Gasteiger partial charge in [-0.15, -0.1) is 5.10 Å². The van der Waals surface area contributed by atoms with Crippen molar-refractivity contribution in [3.8, 4) is 5.69 Å². The summed E-state index contributed by atoms with van der Waals surface area (Å²) >= 11 is 0. The van der Waals surface area contributed by atoms with Crippen LogP contribution in [-0.2, 0) is 6.18 Å². The van der Waals surface area contributed by atoms with Crippen LogP contribution in [0.2, 0.25) is 0 Å². The average Bonchev–Trinajstić information content (AvgIpc) is 2.70. The molecule has 0 radical (unpaired) electrons. The van der Waals surface area contributed by atoms with Gasteiger partial charge in [-0.05, 0) is 25.1 Å². The standard InChI is InChI=1S/C11H7F4N3O2/c1-5-9(10(19)20)16-17-18(5)8-4-6(11(13,14)15)2-3-7(8)12/h2-4H,1H3,(H,19,20). The lowest BCUT2D eigenvalue weighted by atomic mass is 10.2. The Morgan fingerprint density at radius 3 is 2.50 bits per heavy atom. The Morgan fingerprint density at radius 2 is 2.00 bits per heavy atom. The lowest BCUT2D eigenvalue weighted by Gasteiger charge is -2.10. The number of halogens is 4. The quantitative estimate of drug-likeness (QED) is 0.862. The van der Waals surface area contributed by atoms with Crippen LogP contribution in [0.25, 0.3) is 5.69 Å². The summed E-state index contributed by atoms with van der Waals surface area (Å²) in [6.07, 6.45) is -4.65. The third-order valence-electron chi connectivity index (χ3n) is 2.60. The molecule has 1 aromatic carbocycles. The van der Waals surface area contributed by atoms with Crippen molar-refractivity contribution >= 4 is 5.97 Å². The molecule has 0 saturated heterocycles. The van der Waals surface area contributed by atoms with E-state index in [-0.39, 0.29) is 5.69 Å². The molecule has 0 bridgehead atoms. The lowest BCUT2D eigenvalue weighted by Crippen LogP contribution is -2.09. The van der Waals surface area contributed by atoms with Crippen LogP contribution in [0.4, 0.5) is 17.6 Å². The normalized spacial score (nSPS) is 11.7. The first-order valence-electron chi connectivity index (χ1n) is 5.24. The van der Waals surface area contributed by atoms with Gasteiger partial charge in [-0.3, -0.25) is 0 Å². The van der Waals surface area contributed by atoms with E-state index in [1.165, 1.54) is 6.92 Å². The van der Waals surface area contributed by atoms with Gasteiger partial charge in [0.15, 0.2) is 5.69 Å². The van der Waals surface area contributed by atoms with Crippen LogP contribution in [0.15, 0.2) is 18.2 Å².